The third-order valence-corrected chi connectivity index (χ3v) is 3.36. The first kappa shape index (κ1) is 13.5. The molecule has 2 aromatic carbocycles. The number of phenols is 1. The molecule has 0 radical (unpaired) electrons. The molecule has 0 amide bonds. The minimum absolute atomic E-state index is 0.181. The van der Waals surface area contributed by atoms with Gasteiger partial charge in [0, 0.05) is 17.2 Å². The van der Waals surface area contributed by atoms with Crippen molar-refractivity contribution in [3.05, 3.63) is 67.3 Å². The summed E-state index contributed by atoms with van der Waals surface area (Å²) in [5.41, 5.74) is 0.157. The summed E-state index contributed by atoms with van der Waals surface area (Å²) in [6, 6.07) is 11.0. The molecule has 0 saturated carbocycles. The van der Waals surface area contributed by atoms with E-state index in [-0.39, 0.29) is 14.9 Å². The standard InChI is InChI=1S/C13H8INO4/c14-10-6-9(7-11(13(10)17)15(18)19)12(16)8-4-2-1-3-5-8/h1-7,17H. The van der Waals surface area contributed by atoms with Gasteiger partial charge in [-0.3, -0.25) is 14.9 Å². The third-order valence-electron chi connectivity index (χ3n) is 2.54. The second-order valence-corrected chi connectivity index (χ2v) is 4.94. The lowest BCUT2D eigenvalue weighted by Gasteiger charge is -2.04. The van der Waals surface area contributed by atoms with Gasteiger partial charge in [-0.25, -0.2) is 0 Å². The summed E-state index contributed by atoms with van der Waals surface area (Å²) in [6.07, 6.45) is 0. The molecular formula is C13H8INO4. The van der Waals surface area contributed by atoms with Crippen LogP contribution in [0.15, 0.2) is 42.5 Å². The van der Waals surface area contributed by atoms with Crippen molar-refractivity contribution >= 4 is 34.1 Å². The van der Waals surface area contributed by atoms with Gasteiger partial charge in [0.05, 0.1) is 8.49 Å². The minimum atomic E-state index is -0.709. The van der Waals surface area contributed by atoms with Crippen LogP contribution in [0.3, 0.4) is 0 Å². The predicted octanol–water partition coefficient (Wildman–Crippen LogP) is 3.14. The van der Waals surface area contributed by atoms with Crippen LogP contribution in [-0.2, 0) is 0 Å². The van der Waals surface area contributed by atoms with E-state index in [0.29, 0.717) is 5.56 Å². The monoisotopic (exact) mass is 369 g/mol. The smallest absolute Gasteiger partial charge is 0.312 e. The molecule has 2 aromatic rings. The predicted molar refractivity (Wildman–Crippen MR) is 77.4 cm³/mol. The zero-order valence-electron chi connectivity index (χ0n) is 9.54. The number of hydrogen-bond acceptors (Lipinski definition) is 4. The van der Waals surface area contributed by atoms with Gasteiger partial charge in [0.2, 0.25) is 5.75 Å². The Morgan fingerprint density at radius 3 is 2.37 bits per heavy atom. The highest BCUT2D eigenvalue weighted by Gasteiger charge is 2.21. The van der Waals surface area contributed by atoms with Gasteiger partial charge in [-0.2, -0.15) is 0 Å². The van der Waals surface area contributed by atoms with Crippen LogP contribution in [0.4, 0.5) is 5.69 Å². The summed E-state index contributed by atoms with van der Waals surface area (Å²) in [5.74, 6) is -0.739. The molecule has 2 rings (SSSR count). The van der Waals surface area contributed by atoms with Gasteiger partial charge in [0.25, 0.3) is 0 Å². The Morgan fingerprint density at radius 1 is 1.16 bits per heavy atom. The van der Waals surface area contributed by atoms with Crippen LogP contribution in [0.5, 0.6) is 5.75 Å². The van der Waals surface area contributed by atoms with Crippen molar-refractivity contribution in [2.45, 2.75) is 0 Å². The Labute approximate surface area is 122 Å². The Hall–Kier alpha value is -1.96. The second kappa shape index (κ2) is 5.35. The Kier molecular flexibility index (Phi) is 3.79. The molecule has 0 aliphatic rings. The third kappa shape index (κ3) is 2.73. The molecule has 0 fully saturated rings. The molecule has 0 bridgehead atoms. The highest BCUT2D eigenvalue weighted by Crippen LogP contribution is 2.32. The lowest BCUT2D eigenvalue weighted by atomic mass is 10.0. The first-order valence-electron chi connectivity index (χ1n) is 5.27. The lowest BCUT2D eigenvalue weighted by Crippen LogP contribution is -2.03. The van der Waals surface area contributed by atoms with E-state index < -0.39 is 16.4 Å². The topological polar surface area (TPSA) is 80.4 Å². The number of hydrogen-bond donors (Lipinski definition) is 1. The maximum Gasteiger partial charge on any atom is 0.312 e. The quantitative estimate of drug-likeness (QED) is 0.390. The number of carbonyl (C=O) groups excluding carboxylic acids is 1. The molecule has 0 unspecified atom stereocenters. The summed E-state index contributed by atoms with van der Waals surface area (Å²) in [6.45, 7) is 0. The molecule has 0 aliphatic carbocycles. The maximum atomic E-state index is 12.2. The van der Waals surface area contributed by atoms with E-state index in [2.05, 4.69) is 0 Å². The summed E-state index contributed by atoms with van der Waals surface area (Å²) >= 11 is 1.75. The number of benzene rings is 2. The van der Waals surface area contributed by atoms with Crippen LogP contribution in [-0.4, -0.2) is 15.8 Å². The summed E-state index contributed by atoms with van der Waals surface area (Å²) < 4.78 is 0.270. The van der Waals surface area contributed by atoms with Crippen molar-refractivity contribution in [1.82, 2.24) is 0 Å². The van der Waals surface area contributed by atoms with Crippen LogP contribution in [0.1, 0.15) is 15.9 Å². The minimum Gasteiger partial charge on any atom is -0.501 e. The van der Waals surface area contributed by atoms with Crippen LogP contribution in [0.25, 0.3) is 0 Å². The first-order chi connectivity index (χ1) is 9.00. The number of halogens is 1. The zero-order chi connectivity index (χ0) is 14.0. The number of nitro groups is 1. The van der Waals surface area contributed by atoms with Crippen LogP contribution in [0, 0.1) is 13.7 Å². The average molecular weight is 369 g/mol. The molecule has 19 heavy (non-hydrogen) atoms. The van der Waals surface area contributed by atoms with E-state index >= 15 is 0 Å². The van der Waals surface area contributed by atoms with Gasteiger partial charge in [-0.05, 0) is 28.7 Å². The molecule has 5 nitrogen and oxygen atoms in total. The number of aromatic hydroxyl groups is 1. The highest BCUT2D eigenvalue weighted by atomic mass is 127. The summed E-state index contributed by atoms with van der Waals surface area (Å²) in [5, 5.41) is 20.4. The fourth-order valence-electron chi connectivity index (χ4n) is 1.61. The maximum absolute atomic E-state index is 12.2. The summed E-state index contributed by atoms with van der Waals surface area (Å²) in [7, 11) is 0. The van der Waals surface area contributed by atoms with Gasteiger partial charge < -0.3 is 5.11 Å². The molecule has 0 aliphatic heterocycles. The van der Waals surface area contributed by atoms with E-state index in [4.69, 9.17) is 0 Å². The molecule has 0 aromatic heterocycles. The Bertz CT molecular complexity index is 655. The molecule has 0 spiro atoms. The molecule has 0 saturated heterocycles. The second-order valence-electron chi connectivity index (χ2n) is 3.78. The first-order valence-corrected chi connectivity index (χ1v) is 6.35. The largest absolute Gasteiger partial charge is 0.501 e. The molecule has 1 N–H and O–H groups in total. The van der Waals surface area contributed by atoms with Crippen LogP contribution < -0.4 is 0 Å². The Morgan fingerprint density at radius 2 is 1.79 bits per heavy atom. The number of phenolic OH excluding ortho intramolecular Hbond substituents is 1. The van der Waals surface area contributed by atoms with Gasteiger partial charge in [-0.15, -0.1) is 0 Å². The van der Waals surface area contributed by atoms with Crippen molar-refractivity contribution in [3.8, 4) is 5.75 Å². The average Bonchev–Trinajstić information content (AvgIpc) is 2.41. The van der Waals surface area contributed by atoms with E-state index in [1.807, 2.05) is 0 Å². The van der Waals surface area contributed by atoms with Crippen molar-refractivity contribution in [1.29, 1.82) is 0 Å². The normalized spacial score (nSPS) is 10.2. The van der Waals surface area contributed by atoms with E-state index in [0.717, 1.165) is 6.07 Å². The SMILES string of the molecule is O=C(c1ccccc1)c1cc(I)c(O)c([N+](=O)[O-])c1. The van der Waals surface area contributed by atoms with E-state index in [1.54, 1.807) is 52.9 Å². The molecule has 0 atom stereocenters. The zero-order valence-corrected chi connectivity index (χ0v) is 11.7. The molecule has 96 valence electrons. The fraction of sp³-hybridized carbons (Fsp3) is 0. The molecule has 0 heterocycles. The van der Waals surface area contributed by atoms with Crippen molar-refractivity contribution in [2.24, 2.45) is 0 Å². The van der Waals surface area contributed by atoms with E-state index in [9.17, 15) is 20.0 Å². The van der Waals surface area contributed by atoms with Crippen LogP contribution in [0.2, 0.25) is 0 Å². The van der Waals surface area contributed by atoms with Gasteiger partial charge in [0.1, 0.15) is 0 Å². The summed E-state index contributed by atoms with van der Waals surface area (Å²) in [4.78, 5) is 22.3. The Balaban J connectivity index is 2.52. The van der Waals surface area contributed by atoms with Crippen molar-refractivity contribution in [3.63, 3.8) is 0 Å². The fourth-order valence-corrected chi connectivity index (χ4v) is 2.22. The number of rotatable bonds is 3. The van der Waals surface area contributed by atoms with Crippen LogP contribution >= 0.6 is 22.6 Å². The molecule has 6 heteroatoms. The van der Waals surface area contributed by atoms with Gasteiger partial charge in [-0.1, -0.05) is 30.3 Å². The highest BCUT2D eigenvalue weighted by molar-refractivity contribution is 14.1. The number of carbonyl (C=O) groups is 1. The molecular weight excluding hydrogens is 361 g/mol. The van der Waals surface area contributed by atoms with E-state index in [1.165, 1.54) is 6.07 Å². The van der Waals surface area contributed by atoms with Crippen molar-refractivity contribution < 1.29 is 14.8 Å². The number of nitrogens with zero attached hydrogens (tertiary/aromatic N) is 1. The van der Waals surface area contributed by atoms with Gasteiger partial charge >= 0.3 is 5.69 Å². The van der Waals surface area contributed by atoms with Gasteiger partial charge in [0.15, 0.2) is 5.78 Å². The number of nitro benzene ring substituents is 1. The van der Waals surface area contributed by atoms with Crippen molar-refractivity contribution in [2.75, 3.05) is 0 Å². The lowest BCUT2D eigenvalue weighted by molar-refractivity contribution is -0.386. The number of ketones is 1.